The van der Waals surface area contributed by atoms with Crippen molar-refractivity contribution in [1.82, 2.24) is 38.2 Å². The van der Waals surface area contributed by atoms with Crippen molar-refractivity contribution in [1.29, 1.82) is 0 Å². The van der Waals surface area contributed by atoms with E-state index in [9.17, 15) is 0 Å². The first-order chi connectivity index (χ1) is 52.5. The van der Waals surface area contributed by atoms with Gasteiger partial charge in [0, 0.05) is 99.2 Å². The number of fused-ring (bicyclic) bond motifs is 12. The van der Waals surface area contributed by atoms with Crippen molar-refractivity contribution in [2.75, 3.05) is 0 Å². The molecule has 0 atom stereocenters. The number of para-hydroxylation sites is 5. The summed E-state index contributed by atoms with van der Waals surface area (Å²) in [6, 6.07) is 135. The molecule has 6 aromatic heterocycles. The molecule has 8 nitrogen and oxygen atoms in total. The summed E-state index contributed by atoms with van der Waals surface area (Å²) >= 11 is 0. The quantitative estimate of drug-likeness (QED) is 0.122. The van der Waals surface area contributed by atoms with Gasteiger partial charge in [0.15, 0.2) is 11.6 Å². The molecular weight excluding hydrogens is 1290 g/mol. The van der Waals surface area contributed by atoms with E-state index >= 15 is 0 Å². The Morgan fingerprint density at radius 3 is 0.981 bits per heavy atom. The highest BCUT2D eigenvalue weighted by Gasteiger charge is 2.23. The number of hydrogen-bond acceptors (Lipinski definition) is 4. The first kappa shape index (κ1) is 60.4. The minimum Gasteiger partial charge on any atom is -0.309 e. The van der Waals surface area contributed by atoms with Crippen LogP contribution in [-0.4, -0.2) is 38.2 Å². The maximum Gasteiger partial charge on any atom is 0.160 e. The van der Waals surface area contributed by atoms with Gasteiger partial charge >= 0.3 is 0 Å². The van der Waals surface area contributed by atoms with Gasteiger partial charge in [0.25, 0.3) is 0 Å². The van der Waals surface area contributed by atoms with E-state index in [-0.39, 0.29) is 0 Å². The van der Waals surface area contributed by atoms with E-state index in [0.29, 0.717) is 11.6 Å². The minimum atomic E-state index is 0.659. The van der Waals surface area contributed by atoms with E-state index in [1.165, 1.54) is 59.7 Å². The number of rotatable bonds is 12. The Hall–Kier alpha value is -14.3. The Morgan fingerprint density at radius 1 is 0.160 bits per heavy atom. The summed E-state index contributed by atoms with van der Waals surface area (Å²) < 4.78 is 9.60. The van der Waals surface area contributed by atoms with Crippen molar-refractivity contribution in [3.8, 4) is 113 Å². The van der Waals surface area contributed by atoms with E-state index in [2.05, 4.69) is 376 Å². The molecule has 15 aromatic carbocycles. The van der Waals surface area contributed by atoms with Crippen LogP contribution >= 0.6 is 0 Å². The minimum absolute atomic E-state index is 0.659. The maximum atomic E-state index is 5.39. The summed E-state index contributed by atoms with van der Waals surface area (Å²) in [7, 11) is 0. The molecule has 494 valence electrons. The second-order valence-electron chi connectivity index (χ2n) is 27.3. The third-order valence-electron chi connectivity index (χ3n) is 21.2. The van der Waals surface area contributed by atoms with Crippen LogP contribution in [0.5, 0.6) is 0 Å². The monoisotopic (exact) mass is 1350 g/mol. The molecule has 21 aromatic rings. The summed E-state index contributed by atoms with van der Waals surface area (Å²) in [4.78, 5) is 21.0. The van der Waals surface area contributed by atoms with E-state index in [0.717, 1.165) is 129 Å². The third-order valence-corrected chi connectivity index (χ3v) is 21.2. The predicted octanol–water partition coefficient (Wildman–Crippen LogP) is 25.0. The van der Waals surface area contributed by atoms with Gasteiger partial charge in [-0.3, -0.25) is 0 Å². The Kier molecular flexibility index (Phi) is 14.1. The first-order valence-electron chi connectivity index (χ1n) is 36.0. The molecule has 8 heteroatoms. The van der Waals surface area contributed by atoms with Gasteiger partial charge in [0.1, 0.15) is 0 Å². The lowest BCUT2D eigenvalue weighted by Gasteiger charge is -2.13. The molecule has 0 bridgehead atoms. The molecular formula is C98H62N8. The smallest absolute Gasteiger partial charge is 0.160 e. The van der Waals surface area contributed by atoms with Gasteiger partial charge < -0.3 is 18.3 Å². The Morgan fingerprint density at radius 2 is 0.491 bits per heavy atom. The topological polar surface area (TPSA) is 71.3 Å². The molecule has 0 N–H and O–H groups in total. The van der Waals surface area contributed by atoms with Crippen molar-refractivity contribution in [3.63, 3.8) is 0 Å². The van der Waals surface area contributed by atoms with Crippen molar-refractivity contribution in [2.45, 2.75) is 0 Å². The van der Waals surface area contributed by atoms with Crippen molar-refractivity contribution >= 4 is 87.2 Å². The molecule has 0 aliphatic carbocycles. The van der Waals surface area contributed by atoms with Crippen LogP contribution in [0.15, 0.2) is 376 Å². The van der Waals surface area contributed by atoms with Crippen LogP contribution in [-0.2, 0) is 0 Å². The fraction of sp³-hybridized carbons (Fsp3) is 0. The van der Waals surface area contributed by atoms with Crippen LogP contribution in [0.25, 0.3) is 200 Å². The number of nitrogens with zero attached hydrogens (tertiary/aromatic N) is 8. The highest BCUT2D eigenvalue weighted by Crippen LogP contribution is 2.44. The van der Waals surface area contributed by atoms with Gasteiger partial charge in [-0.25, -0.2) is 19.9 Å². The van der Waals surface area contributed by atoms with E-state index in [4.69, 9.17) is 19.9 Å². The fourth-order valence-electron chi connectivity index (χ4n) is 16.3. The molecule has 6 heterocycles. The van der Waals surface area contributed by atoms with Gasteiger partial charge in [-0.15, -0.1) is 0 Å². The van der Waals surface area contributed by atoms with Gasteiger partial charge in [-0.1, -0.05) is 231 Å². The highest BCUT2D eigenvalue weighted by molar-refractivity contribution is 6.20. The van der Waals surface area contributed by atoms with Crippen LogP contribution in [0.1, 0.15) is 0 Å². The zero-order valence-electron chi connectivity index (χ0n) is 57.4. The lowest BCUT2D eigenvalue weighted by molar-refractivity contribution is 1.16. The SMILES string of the molecule is c1ccc(-c2cc(-c3ccccc3)nc(-c3ccc(-n4c5ccccc5c5c(-c6ccc7c(c6)c6ccccc6n7-c6ccc(-c7cccc(-c8cc(-c9ccccc9)nc(-c9ccc(-n%10c%11ccccc%11c%11cc%12c%13ccccc%13n(-c%13ccccc%13)c%12cc%11%10)cc9)n8)c7)cc6)cccc54)cc3)n2)cc1. The molecule has 0 unspecified atom stereocenters. The number of aromatic nitrogens is 8. The molecule has 0 amide bonds. The van der Waals surface area contributed by atoms with E-state index in [1.807, 2.05) is 18.2 Å². The van der Waals surface area contributed by atoms with Crippen molar-refractivity contribution in [2.24, 2.45) is 0 Å². The van der Waals surface area contributed by atoms with Gasteiger partial charge in [0.2, 0.25) is 0 Å². The fourth-order valence-corrected chi connectivity index (χ4v) is 16.3. The highest BCUT2D eigenvalue weighted by atomic mass is 15.0. The Labute approximate surface area is 610 Å². The second kappa shape index (κ2) is 24.7. The first-order valence-corrected chi connectivity index (χ1v) is 36.0. The van der Waals surface area contributed by atoms with E-state index < -0.39 is 0 Å². The largest absolute Gasteiger partial charge is 0.309 e. The van der Waals surface area contributed by atoms with Crippen LogP contribution in [0.4, 0.5) is 0 Å². The number of benzene rings is 15. The van der Waals surface area contributed by atoms with Gasteiger partial charge in [-0.05, 0) is 168 Å². The summed E-state index contributed by atoms with van der Waals surface area (Å²) in [5, 5.41) is 9.69. The van der Waals surface area contributed by atoms with Crippen molar-refractivity contribution in [3.05, 3.63) is 376 Å². The van der Waals surface area contributed by atoms with Crippen molar-refractivity contribution < 1.29 is 0 Å². The van der Waals surface area contributed by atoms with Gasteiger partial charge in [-0.2, -0.15) is 0 Å². The lowest BCUT2D eigenvalue weighted by Crippen LogP contribution is -1.98. The molecule has 0 saturated carbocycles. The standard InChI is InChI=1S/C98H62N8/c1-5-23-64(24-6-1)84-60-85(65-25-7-2-8-26-65)100-97(99-84)67-45-52-74(53-46-67)104-91-41-20-16-36-80(91)96-76(37-22-42-93(96)104)70-49-56-92-81(58-70)77-33-13-17-38-88(77)103(92)73-50-43-63(44-51-73)69-29-21-30-71(57-69)87-61-86(66-27-9-3-10-28-66)101-98(102-87)68-47-54-75(55-48-68)106-90-40-19-15-35-79(90)83-59-82-78-34-14-18-39-89(78)105(94(82)62-95(83)106)72-31-11-4-12-32-72/h1-62H. The summed E-state index contributed by atoms with van der Waals surface area (Å²) in [6.07, 6.45) is 0. The Bertz CT molecular complexity index is 6960. The Balaban J connectivity index is 0.603. The molecule has 0 fully saturated rings. The van der Waals surface area contributed by atoms with Gasteiger partial charge in [0.05, 0.1) is 66.9 Å². The summed E-state index contributed by atoms with van der Waals surface area (Å²) in [5.41, 5.74) is 27.6. The molecule has 106 heavy (non-hydrogen) atoms. The maximum absolute atomic E-state index is 5.39. The summed E-state index contributed by atoms with van der Waals surface area (Å²) in [6.45, 7) is 0. The zero-order chi connectivity index (χ0) is 69.8. The molecule has 0 radical (unpaired) electrons. The average Bonchev–Trinajstić information content (AvgIpc) is 1.56. The normalized spacial score (nSPS) is 11.8. The number of hydrogen-bond donors (Lipinski definition) is 0. The van der Waals surface area contributed by atoms with Crippen LogP contribution in [0.2, 0.25) is 0 Å². The van der Waals surface area contributed by atoms with E-state index in [1.54, 1.807) is 0 Å². The molecule has 0 aliphatic rings. The second-order valence-corrected chi connectivity index (χ2v) is 27.3. The average molecular weight is 1350 g/mol. The third kappa shape index (κ3) is 10.1. The van der Waals surface area contributed by atoms with Crippen LogP contribution in [0, 0.1) is 0 Å². The molecule has 0 spiro atoms. The lowest BCUT2D eigenvalue weighted by atomic mass is 9.98. The zero-order valence-corrected chi connectivity index (χ0v) is 57.4. The summed E-state index contributed by atoms with van der Waals surface area (Å²) in [5.74, 6) is 1.34. The molecule has 0 saturated heterocycles. The predicted molar refractivity (Wildman–Crippen MR) is 438 cm³/mol. The molecule has 0 aliphatic heterocycles. The van der Waals surface area contributed by atoms with Crippen LogP contribution in [0.3, 0.4) is 0 Å². The molecule has 21 rings (SSSR count). The van der Waals surface area contributed by atoms with Crippen LogP contribution < -0.4 is 0 Å².